The summed E-state index contributed by atoms with van der Waals surface area (Å²) >= 11 is 0. The van der Waals surface area contributed by atoms with Gasteiger partial charge in [-0.3, -0.25) is 0 Å². The Balaban J connectivity index is -0.000000152. The molecule has 0 aromatic carbocycles. The van der Waals surface area contributed by atoms with Crippen molar-refractivity contribution in [1.29, 1.82) is 0 Å². The predicted octanol–water partition coefficient (Wildman–Crippen LogP) is 4.74. The maximum absolute atomic E-state index is 11.4. The zero-order chi connectivity index (χ0) is 22.0. The third-order valence-electron chi connectivity index (χ3n) is 5.98. The average molecular weight is 415 g/mol. The van der Waals surface area contributed by atoms with E-state index in [1.54, 1.807) is 0 Å². The van der Waals surface area contributed by atoms with Crippen molar-refractivity contribution in [3.05, 3.63) is 0 Å². The van der Waals surface area contributed by atoms with Crippen LogP contribution in [0.3, 0.4) is 0 Å². The summed E-state index contributed by atoms with van der Waals surface area (Å²) in [6.07, 6.45) is 10.2. The molecule has 0 aliphatic heterocycles. The molecule has 168 valence electrons. The predicted molar refractivity (Wildman–Crippen MR) is 120 cm³/mol. The molecule has 4 heteroatoms. The van der Waals surface area contributed by atoms with E-state index in [1.165, 1.54) is 0 Å². The maximum Gasteiger partial charge on any atom is 3.00 e. The van der Waals surface area contributed by atoms with Crippen LogP contribution in [0, 0.1) is 0 Å². The quantitative estimate of drug-likeness (QED) is 0.433. The summed E-state index contributed by atoms with van der Waals surface area (Å²) in [7, 11) is 0. The van der Waals surface area contributed by atoms with E-state index >= 15 is 0 Å². The molecule has 0 aromatic rings. The van der Waals surface area contributed by atoms with E-state index in [1.807, 2.05) is 41.5 Å². The fourth-order valence-corrected chi connectivity index (χ4v) is 3.18. The van der Waals surface area contributed by atoms with E-state index in [2.05, 4.69) is 20.8 Å². The monoisotopic (exact) mass is 414 g/mol. The number of hydrogen-bond acceptors (Lipinski definition) is 3. The van der Waals surface area contributed by atoms with Crippen LogP contribution in [0.2, 0.25) is 0 Å². The fourth-order valence-electron chi connectivity index (χ4n) is 3.18. The van der Waals surface area contributed by atoms with E-state index in [4.69, 9.17) is 0 Å². The van der Waals surface area contributed by atoms with Gasteiger partial charge in [0, 0.05) is 0 Å². The Morgan fingerprint density at radius 2 is 0.536 bits per heavy atom. The van der Waals surface area contributed by atoms with Crippen molar-refractivity contribution in [3.63, 3.8) is 0 Å². The first-order valence-corrected chi connectivity index (χ1v) is 11.7. The second-order valence-electron chi connectivity index (χ2n) is 7.92. The van der Waals surface area contributed by atoms with Gasteiger partial charge in [-0.15, -0.1) is 16.8 Å². The molecule has 0 radical (unpaired) electrons. The topological polar surface area (TPSA) is 69.2 Å². The van der Waals surface area contributed by atoms with Crippen molar-refractivity contribution < 1.29 is 15.3 Å². The van der Waals surface area contributed by atoms with Gasteiger partial charge < -0.3 is 15.3 Å². The molecule has 0 bridgehead atoms. The van der Waals surface area contributed by atoms with Gasteiger partial charge in [0.2, 0.25) is 0 Å². The maximum atomic E-state index is 11.4. The van der Waals surface area contributed by atoms with Crippen molar-refractivity contribution in [2.24, 2.45) is 0 Å². The van der Waals surface area contributed by atoms with Gasteiger partial charge in [-0.25, -0.2) is 0 Å². The molecule has 0 rings (SSSR count). The largest absolute Gasteiger partial charge is 3.00 e. The van der Waals surface area contributed by atoms with Gasteiger partial charge in [-0.2, -0.15) is 0 Å². The molecule has 0 aliphatic carbocycles. The van der Waals surface area contributed by atoms with E-state index in [0.717, 1.165) is 77.0 Å². The Morgan fingerprint density at radius 3 is 0.571 bits per heavy atom. The molecule has 0 heterocycles. The smallest absolute Gasteiger partial charge is 0.849 e. The molecule has 3 nitrogen and oxygen atoms in total. The van der Waals surface area contributed by atoms with Crippen molar-refractivity contribution in [3.8, 4) is 0 Å². The molecule has 28 heavy (non-hydrogen) atoms. The summed E-state index contributed by atoms with van der Waals surface area (Å²) in [5, 5.41) is 34.3. The first-order valence-electron chi connectivity index (χ1n) is 11.7. The second kappa shape index (κ2) is 20.7. The van der Waals surface area contributed by atoms with Gasteiger partial charge in [-0.05, 0) is 0 Å². The number of rotatable bonds is 12. The summed E-state index contributed by atoms with van der Waals surface area (Å²) in [5.41, 5.74) is -1.85. The van der Waals surface area contributed by atoms with Crippen LogP contribution in [0.1, 0.15) is 139 Å². The van der Waals surface area contributed by atoms with Gasteiger partial charge in [-0.1, -0.05) is 139 Å². The van der Waals surface area contributed by atoms with Crippen molar-refractivity contribution >= 4 is 17.4 Å². The first-order chi connectivity index (χ1) is 12.5. The van der Waals surface area contributed by atoms with Gasteiger partial charge >= 0.3 is 17.4 Å². The van der Waals surface area contributed by atoms with Crippen LogP contribution in [0.25, 0.3) is 0 Å². The molecule has 0 aromatic heterocycles. The van der Waals surface area contributed by atoms with Crippen molar-refractivity contribution in [2.75, 3.05) is 0 Å². The van der Waals surface area contributed by atoms with Crippen LogP contribution >= 0.6 is 0 Å². The molecule has 0 aliphatic rings. The molecule has 0 fully saturated rings. The van der Waals surface area contributed by atoms with Gasteiger partial charge in [0.15, 0.2) is 0 Å². The molecule has 0 saturated heterocycles. The van der Waals surface area contributed by atoms with Crippen LogP contribution in [0.15, 0.2) is 0 Å². The Bertz CT molecular complexity index is 249. The molecule has 0 N–H and O–H groups in total. The minimum atomic E-state index is -0.616. The van der Waals surface area contributed by atoms with E-state index in [0.29, 0.717) is 0 Å². The van der Waals surface area contributed by atoms with E-state index in [-0.39, 0.29) is 17.4 Å². The van der Waals surface area contributed by atoms with Gasteiger partial charge in [0.05, 0.1) is 0 Å². The molecule has 0 spiro atoms. The Labute approximate surface area is 188 Å². The number of hydrogen-bond donors (Lipinski definition) is 0. The van der Waals surface area contributed by atoms with Crippen molar-refractivity contribution in [1.82, 2.24) is 0 Å². The normalized spacial score (nSPS) is 11.6. The third-order valence-corrected chi connectivity index (χ3v) is 5.98. The minimum absolute atomic E-state index is 0. The first kappa shape index (κ1) is 35.8. The Kier molecular flexibility index (Phi) is 26.5. The summed E-state index contributed by atoms with van der Waals surface area (Å²) in [6, 6.07) is 0. The summed E-state index contributed by atoms with van der Waals surface area (Å²) in [4.78, 5) is 0. The van der Waals surface area contributed by atoms with Crippen molar-refractivity contribution in [2.45, 2.75) is 156 Å². The zero-order valence-corrected chi connectivity index (χ0v) is 21.9. The Morgan fingerprint density at radius 1 is 0.393 bits per heavy atom. The second-order valence-corrected chi connectivity index (χ2v) is 7.92. The zero-order valence-electron chi connectivity index (χ0n) is 20.8. The SMILES string of the molecule is CCCC([O-])(CC)CC.CCCC([O-])(CC)CC.CCCC([O-])(CC)CC.[Al+3]. The molecule has 0 unspecified atom stereocenters. The summed E-state index contributed by atoms with van der Waals surface area (Å²) < 4.78 is 0. The van der Waals surface area contributed by atoms with Crippen LogP contribution in [0.4, 0.5) is 0 Å². The fraction of sp³-hybridized carbons (Fsp3) is 1.00. The Hall–Kier alpha value is 0.412. The van der Waals surface area contributed by atoms with E-state index in [9.17, 15) is 15.3 Å². The molecule has 0 amide bonds. The molecule has 0 saturated carbocycles. The summed E-state index contributed by atoms with van der Waals surface area (Å²) in [5.74, 6) is 0. The third kappa shape index (κ3) is 18.4. The summed E-state index contributed by atoms with van der Waals surface area (Å²) in [6.45, 7) is 18.1. The van der Waals surface area contributed by atoms with Gasteiger partial charge in [0.25, 0.3) is 0 Å². The van der Waals surface area contributed by atoms with E-state index < -0.39 is 16.8 Å². The van der Waals surface area contributed by atoms with Crippen LogP contribution in [0.5, 0.6) is 0 Å². The molecule has 0 atom stereocenters. The van der Waals surface area contributed by atoms with Gasteiger partial charge in [0.1, 0.15) is 0 Å². The molecular formula is C24H51AlO3. The minimum Gasteiger partial charge on any atom is -0.849 e. The molecular weight excluding hydrogens is 363 g/mol. The average Bonchev–Trinajstić information content (AvgIpc) is 2.69. The van der Waals surface area contributed by atoms with Crippen LogP contribution < -0.4 is 15.3 Å². The standard InChI is InChI=1S/3C8H17O.Al/c3*1-4-7-8(9,5-2)6-3;/h3*4-7H2,1-3H3;/q3*-1;+3. The van der Waals surface area contributed by atoms with Crippen LogP contribution in [-0.4, -0.2) is 34.2 Å². The van der Waals surface area contributed by atoms with Crippen LogP contribution in [-0.2, 0) is 0 Å².